The van der Waals surface area contributed by atoms with Gasteiger partial charge >= 0.3 is 5.97 Å². The molecule has 4 aromatic rings. The minimum atomic E-state index is -3.22. The normalized spacial score (nSPS) is 18.0. The van der Waals surface area contributed by atoms with Crippen molar-refractivity contribution in [2.75, 3.05) is 7.11 Å². The number of hydrogen-bond acceptors (Lipinski definition) is 6. The van der Waals surface area contributed by atoms with E-state index in [1.54, 1.807) is 6.08 Å². The van der Waals surface area contributed by atoms with Crippen LogP contribution in [0.2, 0.25) is 5.04 Å². The van der Waals surface area contributed by atoms with Crippen molar-refractivity contribution in [2.24, 2.45) is 0 Å². The lowest BCUT2D eigenvalue weighted by molar-refractivity contribution is -0.147. The van der Waals surface area contributed by atoms with Gasteiger partial charge in [-0.3, -0.25) is 9.59 Å². The van der Waals surface area contributed by atoms with Crippen molar-refractivity contribution >= 4 is 36.5 Å². The third-order valence-corrected chi connectivity index (χ3v) is 14.7. The van der Waals surface area contributed by atoms with Gasteiger partial charge in [0.1, 0.15) is 6.04 Å². The maximum atomic E-state index is 14.3. The molecule has 0 aliphatic carbocycles. The van der Waals surface area contributed by atoms with Crippen LogP contribution in [0.15, 0.2) is 127 Å². The molecule has 1 heterocycles. The first kappa shape index (κ1) is 38.2. The molecule has 8 nitrogen and oxygen atoms in total. The van der Waals surface area contributed by atoms with Crippen molar-refractivity contribution in [1.82, 2.24) is 10.6 Å². The van der Waals surface area contributed by atoms with Crippen LogP contribution in [0.1, 0.15) is 53.0 Å². The van der Waals surface area contributed by atoms with Crippen molar-refractivity contribution in [3.05, 3.63) is 133 Å². The van der Waals surface area contributed by atoms with Crippen LogP contribution in [0.4, 0.5) is 0 Å². The highest BCUT2D eigenvalue weighted by Crippen LogP contribution is 2.39. The molecule has 1 aliphatic rings. The Morgan fingerprint density at radius 2 is 1.35 bits per heavy atom. The number of aryl methyl sites for hydroxylation is 1. The Bertz CT molecular complexity index is 1790. The van der Waals surface area contributed by atoms with Gasteiger partial charge in [-0.05, 0) is 57.4 Å². The molecule has 1 unspecified atom stereocenters. The molecule has 52 heavy (non-hydrogen) atoms. The second kappa shape index (κ2) is 17.0. The van der Waals surface area contributed by atoms with Gasteiger partial charge in [-0.15, -0.1) is 0 Å². The maximum absolute atomic E-state index is 14.3. The summed E-state index contributed by atoms with van der Waals surface area (Å²) in [7, 11) is -1.96. The second-order valence-corrected chi connectivity index (χ2v) is 18.5. The number of hydrogen-bond donors (Lipinski definition) is 2. The topological polar surface area (TPSA) is 103 Å². The van der Waals surface area contributed by atoms with E-state index < -0.39 is 43.5 Å². The zero-order chi connectivity index (χ0) is 37.3. The molecule has 2 amide bonds. The van der Waals surface area contributed by atoms with Gasteiger partial charge in [-0.2, -0.15) is 0 Å². The Morgan fingerprint density at radius 3 is 1.85 bits per heavy atom. The van der Waals surface area contributed by atoms with E-state index in [9.17, 15) is 14.4 Å². The van der Waals surface area contributed by atoms with Crippen molar-refractivity contribution < 1.29 is 28.3 Å². The van der Waals surface area contributed by atoms with Gasteiger partial charge in [-0.1, -0.05) is 143 Å². The van der Waals surface area contributed by atoms with E-state index in [1.807, 2.05) is 61.5 Å². The molecule has 0 bridgehead atoms. The van der Waals surface area contributed by atoms with E-state index in [0.717, 1.165) is 33.5 Å². The fourth-order valence-electron chi connectivity index (χ4n) is 7.00. The van der Waals surface area contributed by atoms with Crippen LogP contribution in [0.5, 0.6) is 0 Å². The third-order valence-electron chi connectivity index (χ3n) is 9.68. The Morgan fingerprint density at radius 1 is 0.808 bits per heavy atom. The highest BCUT2D eigenvalue weighted by atomic mass is 28.4. The quantitative estimate of drug-likeness (QED) is 0.128. The largest absolute Gasteiger partial charge is 0.471 e. The first-order valence-electron chi connectivity index (χ1n) is 17.9. The standard InChI is InChI=1S/C43H50N2O6Si/c1-7-34(28-25-31-23-26-33(27-24-31)32-17-11-8-12-18-32)45-41(47)40-39(44-30(2)46)37(29-38(50-40)42(48)49-6)51-52(43(3,4)5,35-19-13-9-14-20-35)36-21-15-10-16-22-36/h8-24,26-27,29,34,37,39-40H,7,25,28H2,1-6H3,(H,44,46)(H,45,47)/t34?,37-,39+,40+/m0/s1. The third kappa shape index (κ3) is 8.71. The minimum absolute atomic E-state index is 0.140. The summed E-state index contributed by atoms with van der Waals surface area (Å²) in [5.41, 5.74) is 3.46. The fraction of sp³-hybridized carbons (Fsp3) is 0.326. The molecule has 0 spiro atoms. The molecule has 5 rings (SSSR count). The van der Waals surface area contributed by atoms with E-state index in [1.165, 1.54) is 14.0 Å². The summed E-state index contributed by atoms with van der Waals surface area (Å²) < 4.78 is 18.6. The highest BCUT2D eigenvalue weighted by Gasteiger charge is 2.54. The molecule has 9 heteroatoms. The molecule has 4 aromatic carbocycles. The van der Waals surface area contributed by atoms with E-state index >= 15 is 0 Å². The number of rotatable bonds is 13. The number of nitrogens with one attached hydrogen (secondary N) is 2. The minimum Gasteiger partial charge on any atom is -0.471 e. The van der Waals surface area contributed by atoms with Crippen molar-refractivity contribution in [3.63, 3.8) is 0 Å². The zero-order valence-electron chi connectivity index (χ0n) is 30.9. The van der Waals surface area contributed by atoms with Gasteiger partial charge in [0.05, 0.1) is 13.2 Å². The van der Waals surface area contributed by atoms with Crippen LogP contribution >= 0.6 is 0 Å². The lowest BCUT2D eigenvalue weighted by Crippen LogP contribution is -2.70. The molecule has 272 valence electrons. The SMILES string of the molecule is CCC(CCc1ccc(-c2ccccc2)cc1)NC(=O)[C@@H]1OC(C(=O)OC)=C[C@H](O[Si](c2ccccc2)(c2ccccc2)C(C)(C)C)[C@H]1NC(C)=O. The maximum Gasteiger partial charge on any atom is 0.373 e. The van der Waals surface area contributed by atoms with E-state index in [0.29, 0.717) is 12.8 Å². The lowest BCUT2D eigenvalue weighted by atomic mass is 9.97. The van der Waals surface area contributed by atoms with Crippen molar-refractivity contribution in [2.45, 2.75) is 83.2 Å². The summed E-state index contributed by atoms with van der Waals surface area (Å²) in [4.78, 5) is 40.1. The predicted molar refractivity (Wildman–Crippen MR) is 207 cm³/mol. The molecule has 1 aliphatic heterocycles. The van der Waals surface area contributed by atoms with Crippen LogP contribution in [-0.2, 0) is 34.7 Å². The van der Waals surface area contributed by atoms with Crippen LogP contribution in [0.25, 0.3) is 11.1 Å². The summed E-state index contributed by atoms with van der Waals surface area (Å²) in [5.74, 6) is -1.68. The summed E-state index contributed by atoms with van der Waals surface area (Å²) in [6, 6.07) is 37.7. The Labute approximate surface area is 308 Å². The monoisotopic (exact) mass is 718 g/mol. The average molecular weight is 719 g/mol. The number of amides is 2. The van der Waals surface area contributed by atoms with Gasteiger partial charge in [0.15, 0.2) is 6.10 Å². The molecule has 0 fully saturated rings. The summed E-state index contributed by atoms with van der Waals surface area (Å²) in [5, 5.41) is 7.73. The second-order valence-electron chi connectivity index (χ2n) is 14.2. The number of carbonyl (C=O) groups is 3. The Balaban J connectivity index is 1.45. The van der Waals surface area contributed by atoms with Crippen LogP contribution in [0, 0.1) is 0 Å². The summed E-state index contributed by atoms with van der Waals surface area (Å²) >= 11 is 0. The van der Waals surface area contributed by atoms with Crippen LogP contribution in [0.3, 0.4) is 0 Å². The Hall–Kier alpha value is -4.99. The fourth-order valence-corrected chi connectivity index (χ4v) is 11.6. The smallest absolute Gasteiger partial charge is 0.373 e. The predicted octanol–water partition coefficient (Wildman–Crippen LogP) is 6.09. The molecule has 2 N–H and O–H groups in total. The number of carbonyl (C=O) groups excluding carboxylic acids is 3. The molecular weight excluding hydrogens is 669 g/mol. The zero-order valence-corrected chi connectivity index (χ0v) is 31.9. The lowest BCUT2D eigenvalue weighted by Gasteiger charge is -2.47. The van der Waals surface area contributed by atoms with Gasteiger partial charge in [0.2, 0.25) is 11.7 Å². The number of methoxy groups -OCH3 is 1. The molecule has 0 aromatic heterocycles. The van der Waals surface area contributed by atoms with Crippen LogP contribution in [-0.4, -0.2) is 57.5 Å². The number of ether oxygens (including phenoxy) is 2. The van der Waals surface area contributed by atoms with E-state index in [4.69, 9.17) is 13.9 Å². The van der Waals surface area contributed by atoms with Crippen molar-refractivity contribution in [1.29, 1.82) is 0 Å². The molecule has 0 radical (unpaired) electrons. The number of esters is 1. The first-order valence-corrected chi connectivity index (χ1v) is 19.8. The van der Waals surface area contributed by atoms with Gasteiger partial charge in [-0.25, -0.2) is 4.79 Å². The molecule has 0 saturated heterocycles. The average Bonchev–Trinajstić information content (AvgIpc) is 3.16. The van der Waals surface area contributed by atoms with Gasteiger partial charge in [0, 0.05) is 13.0 Å². The van der Waals surface area contributed by atoms with E-state index in [2.05, 4.69) is 92.1 Å². The molecular formula is C43H50N2O6Si. The van der Waals surface area contributed by atoms with Crippen molar-refractivity contribution in [3.8, 4) is 11.1 Å². The number of benzene rings is 4. The van der Waals surface area contributed by atoms with Gasteiger partial charge in [0.25, 0.3) is 14.2 Å². The van der Waals surface area contributed by atoms with Gasteiger partial charge < -0.3 is 24.5 Å². The summed E-state index contributed by atoms with van der Waals surface area (Å²) in [6.07, 6.45) is 1.47. The van der Waals surface area contributed by atoms with E-state index in [-0.39, 0.29) is 17.7 Å². The van der Waals surface area contributed by atoms with Crippen LogP contribution < -0.4 is 21.0 Å². The highest BCUT2D eigenvalue weighted by molar-refractivity contribution is 6.99. The Kier molecular flexibility index (Phi) is 12.5. The molecule has 0 saturated carbocycles. The first-order chi connectivity index (χ1) is 25.0. The molecule has 4 atom stereocenters. The summed E-state index contributed by atoms with van der Waals surface area (Å²) in [6.45, 7) is 9.84.